The lowest BCUT2D eigenvalue weighted by Gasteiger charge is -2.32. The zero-order valence-electron chi connectivity index (χ0n) is 11.8. The van der Waals surface area contributed by atoms with E-state index in [0.717, 1.165) is 25.7 Å². The highest BCUT2D eigenvalue weighted by Gasteiger charge is 2.29. The van der Waals surface area contributed by atoms with Crippen LogP contribution in [-0.4, -0.2) is 36.4 Å². The first-order valence-electron chi connectivity index (χ1n) is 7.12. The molecule has 0 bridgehead atoms. The van der Waals surface area contributed by atoms with E-state index in [2.05, 4.69) is 19.2 Å². The number of ether oxygens (including phenoxy) is 1. The van der Waals surface area contributed by atoms with E-state index in [4.69, 9.17) is 4.74 Å². The van der Waals surface area contributed by atoms with Gasteiger partial charge in [-0.1, -0.05) is 20.3 Å². The van der Waals surface area contributed by atoms with Crippen LogP contribution >= 0.6 is 0 Å². The fourth-order valence-corrected chi connectivity index (χ4v) is 2.57. The van der Waals surface area contributed by atoms with E-state index in [0.29, 0.717) is 18.6 Å². The van der Waals surface area contributed by atoms with Crippen molar-refractivity contribution in [3.8, 4) is 0 Å². The van der Waals surface area contributed by atoms with Gasteiger partial charge in [-0.2, -0.15) is 0 Å². The largest absolute Gasteiger partial charge is 0.466 e. The molecule has 4 nitrogen and oxygen atoms in total. The van der Waals surface area contributed by atoms with Crippen LogP contribution in [0.4, 0.5) is 0 Å². The minimum absolute atomic E-state index is 0.0303. The van der Waals surface area contributed by atoms with E-state index < -0.39 is 0 Å². The van der Waals surface area contributed by atoms with Gasteiger partial charge in [-0.15, -0.1) is 0 Å². The second-order valence-corrected chi connectivity index (χ2v) is 5.51. The molecular formula is C14H27NO3. The Hall–Kier alpha value is -0.610. The summed E-state index contributed by atoms with van der Waals surface area (Å²) in [5.74, 6) is 0.370. The summed E-state index contributed by atoms with van der Waals surface area (Å²) in [4.78, 5) is 11.7. The molecule has 0 amide bonds. The number of esters is 1. The SMILES string of the molecule is CCOC(=O)C1CCCC(N[C@H](CO)C(C)C)C1. The summed E-state index contributed by atoms with van der Waals surface area (Å²) in [6.45, 7) is 6.65. The smallest absolute Gasteiger partial charge is 0.308 e. The first kappa shape index (κ1) is 15.4. The van der Waals surface area contributed by atoms with Crippen molar-refractivity contribution >= 4 is 5.97 Å². The summed E-state index contributed by atoms with van der Waals surface area (Å²) >= 11 is 0. The number of hydrogen-bond donors (Lipinski definition) is 2. The van der Waals surface area contributed by atoms with Crippen LogP contribution in [0.1, 0.15) is 46.5 Å². The molecular weight excluding hydrogens is 230 g/mol. The van der Waals surface area contributed by atoms with Crippen molar-refractivity contribution in [2.45, 2.75) is 58.5 Å². The Kier molecular flexibility index (Phi) is 6.65. The van der Waals surface area contributed by atoms with Gasteiger partial charge < -0.3 is 15.2 Å². The number of hydrogen-bond acceptors (Lipinski definition) is 4. The van der Waals surface area contributed by atoms with Crippen molar-refractivity contribution in [3.05, 3.63) is 0 Å². The Labute approximate surface area is 110 Å². The molecule has 3 atom stereocenters. The van der Waals surface area contributed by atoms with Crippen LogP contribution in [0, 0.1) is 11.8 Å². The van der Waals surface area contributed by atoms with E-state index in [1.54, 1.807) is 0 Å². The van der Waals surface area contributed by atoms with E-state index in [1.165, 1.54) is 0 Å². The topological polar surface area (TPSA) is 58.6 Å². The Balaban J connectivity index is 2.45. The summed E-state index contributed by atoms with van der Waals surface area (Å²) in [6, 6.07) is 0.448. The maximum absolute atomic E-state index is 11.7. The molecule has 2 N–H and O–H groups in total. The maximum atomic E-state index is 11.7. The highest BCUT2D eigenvalue weighted by Crippen LogP contribution is 2.26. The van der Waals surface area contributed by atoms with Gasteiger partial charge >= 0.3 is 5.97 Å². The van der Waals surface area contributed by atoms with Gasteiger partial charge in [-0.3, -0.25) is 4.79 Å². The molecule has 18 heavy (non-hydrogen) atoms. The zero-order valence-corrected chi connectivity index (χ0v) is 11.8. The molecule has 0 heterocycles. The summed E-state index contributed by atoms with van der Waals surface area (Å²) in [5.41, 5.74) is 0. The van der Waals surface area contributed by atoms with Gasteiger partial charge in [0.25, 0.3) is 0 Å². The van der Waals surface area contributed by atoms with Crippen LogP contribution in [-0.2, 0) is 9.53 Å². The van der Waals surface area contributed by atoms with Gasteiger partial charge in [0.2, 0.25) is 0 Å². The van der Waals surface area contributed by atoms with E-state index >= 15 is 0 Å². The Bertz CT molecular complexity index is 255. The highest BCUT2D eigenvalue weighted by molar-refractivity contribution is 5.72. The van der Waals surface area contributed by atoms with E-state index in [1.807, 2.05) is 6.92 Å². The van der Waals surface area contributed by atoms with Gasteiger partial charge in [-0.25, -0.2) is 0 Å². The number of nitrogens with one attached hydrogen (secondary N) is 1. The minimum Gasteiger partial charge on any atom is -0.466 e. The molecule has 0 radical (unpaired) electrons. The maximum Gasteiger partial charge on any atom is 0.308 e. The second-order valence-electron chi connectivity index (χ2n) is 5.51. The monoisotopic (exact) mass is 257 g/mol. The lowest BCUT2D eigenvalue weighted by Crippen LogP contribution is -2.46. The molecule has 1 rings (SSSR count). The summed E-state index contributed by atoms with van der Waals surface area (Å²) in [7, 11) is 0. The molecule has 1 aliphatic carbocycles. The number of carbonyl (C=O) groups is 1. The summed E-state index contributed by atoms with van der Waals surface area (Å²) < 4.78 is 5.09. The van der Waals surface area contributed by atoms with Crippen LogP contribution in [0.3, 0.4) is 0 Å². The van der Waals surface area contributed by atoms with Gasteiger partial charge in [-0.05, 0) is 32.1 Å². The quantitative estimate of drug-likeness (QED) is 0.711. The third-order valence-electron chi connectivity index (χ3n) is 3.75. The highest BCUT2D eigenvalue weighted by atomic mass is 16.5. The van der Waals surface area contributed by atoms with Crippen molar-refractivity contribution in [1.82, 2.24) is 5.32 Å². The fourth-order valence-electron chi connectivity index (χ4n) is 2.57. The molecule has 2 unspecified atom stereocenters. The van der Waals surface area contributed by atoms with Crippen LogP contribution in [0.15, 0.2) is 0 Å². The normalized spacial score (nSPS) is 26.1. The molecule has 106 valence electrons. The van der Waals surface area contributed by atoms with E-state index in [9.17, 15) is 9.90 Å². The Morgan fingerprint density at radius 3 is 2.72 bits per heavy atom. The first-order valence-corrected chi connectivity index (χ1v) is 7.12. The molecule has 0 aromatic heterocycles. The molecule has 4 heteroatoms. The molecule has 0 spiro atoms. The second kappa shape index (κ2) is 7.74. The number of carbonyl (C=O) groups excluding carboxylic acids is 1. The molecule has 1 saturated carbocycles. The third-order valence-corrected chi connectivity index (χ3v) is 3.75. The third kappa shape index (κ3) is 4.58. The van der Waals surface area contributed by atoms with Crippen LogP contribution in [0.2, 0.25) is 0 Å². The molecule has 0 aliphatic heterocycles. The van der Waals surface area contributed by atoms with Crippen molar-refractivity contribution in [2.75, 3.05) is 13.2 Å². The fraction of sp³-hybridized carbons (Fsp3) is 0.929. The molecule has 0 aromatic rings. The van der Waals surface area contributed by atoms with Crippen molar-refractivity contribution in [3.63, 3.8) is 0 Å². The standard InChI is InChI=1S/C14H27NO3/c1-4-18-14(17)11-6-5-7-12(8-11)15-13(9-16)10(2)3/h10-13,15-16H,4-9H2,1-3H3/t11?,12?,13-/m1/s1. The van der Waals surface area contributed by atoms with Gasteiger partial charge in [0.15, 0.2) is 0 Å². The average Bonchev–Trinajstić information content (AvgIpc) is 2.36. The number of rotatable bonds is 6. The lowest BCUT2D eigenvalue weighted by molar-refractivity contribution is -0.149. The zero-order chi connectivity index (χ0) is 13.5. The number of aliphatic hydroxyl groups is 1. The van der Waals surface area contributed by atoms with E-state index in [-0.39, 0.29) is 24.5 Å². The predicted octanol–water partition coefficient (Wildman–Crippen LogP) is 1.71. The van der Waals surface area contributed by atoms with Gasteiger partial charge in [0.1, 0.15) is 0 Å². The minimum atomic E-state index is -0.0610. The van der Waals surface area contributed by atoms with Crippen LogP contribution in [0.5, 0.6) is 0 Å². The van der Waals surface area contributed by atoms with Crippen LogP contribution in [0.25, 0.3) is 0 Å². The first-order chi connectivity index (χ1) is 8.58. The molecule has 1 fully saturated rings. The van der Waals surface area contributed by atoms with Gasteiger partial charge in [0, 0.05) is 12.1 Å². The molecule has 0 aromatic carbocycles. The Morgan fingerprint density at radius 1 is 1.44 bits per heavy atom. The van der Waals surface area contributed by atoms with Crippen molar-refractivity contribution in [2.24, 2.45) is 11.8 Å². The van der Waals surface area contributed by atoms with Crippen molar-refractivity contribution < 1.29 is 14.6 Å². The van der Waals surface area contributed by atoms with Gasteiger partial charge in [0.05, 0.1) is 19.1 Å². The average molecular weight is 257 g/mol. The predicted molar refractivity (Wildman–Crippen MR) is 71.2 cm³/mol. The lowest BCUT2D eigenvalue weighted by atomic mass is 9.85. The molecule has 0 saturated heterocycles. The summed E-state index contributed by atoms with van der Waals surface area (Å²) in [6.07, 6.45) is 3.90. The Morgan fingerprint density at radius 2 is 2.17 bits per heavy atom. The van der Waals surface area contributed by atoms with Crippen molar-refractivity contribution in [1.29, 1.82) is 0 Å². The molecule has 1 aliphatic rings. The summed E-state index contributed by atoms with van der Waals surface area (Å²) in [5, 5.41) is 12.8. The van der Waals surface area contributed by atoms with Crippen LogP contribution < -0.4 is 5.32 Å². The number of aliphatic hydroxyl groups excluding tert-OH is 1.